The van der Waals surface area contributed by atoms with E-state index in [0.717, 1.165) is 31.2 Å². The number of aromatic nitrogens is 4. The second-order valence-electron chi connectivity index (χ2n) is 6.13. The first-order chi connectivity index (χ1) is 11.5. The van der Waals surface area contributed by atoms with Crippen LogP contribution in [-0.4, -0.2) is 42.9 Å². The zero-order valence-corrected chi connectivity index (χ0v) is 13.9. The first-order valence-corrected chi connectivity index (χ1v) is 8.10. The molecule has 128 valence electrons. The summed E-state index contributed by atoms with van der Waals surface area (Å²) in [5.74, 6) is 0.993. The molecule has 1 aliphatic carbocycles. The second kappa shape index (κ2) is 6.96. The van der Waals surface area contributed by atoms with Crippen molar-refractivity contribution in [2.24, 2.45) is 7.05 Å². The van der Waals surface area contributed by atoms with Crippen molar-refractivity contribution in [1.82, 2.24) is 19.7 Å². The average molecular weight is 330 g/mol. The molecule has 0 spiro atoms. The third kappa shape index (κ3) is 3.70. The van der Waals surface area contributed by atoms with Crippen LogP contribution in [0.25, 0.3) is 11.3 Å². The molecule has 3 rings (SSSR count). The molecule has 8 nitrogen and oxygen atoms in total. The molecule has 8 heteroatoms. The lowest BCUT2D eigenvalue weighted by molar-refractivity contribution is -0.114. The molecule has 1 amide bonds. The first kappa shape index (κ1) is 16.4. The normalized spacial score (nSPS) is 20.6. The summed E-state index contributed by atoms with van der Waals surface area (Å²) >= 11 is 0. The Morgan fingerprint density at radius 1 is 1.33 bits per heavy atom. The second-order valence-corrected chi connectivity index (χ2v) is 6.13. The standard InChI is InChI=1S/C16H22N6O2/c1-10(23)19-15-13(9-18-22(15)2)14-7-8-17-16(21-14)20-11-3-5-12(24)6-4-11/h7-9,11-12,24H,3-6H2,1-2H3,(H,19,23)(H,17,20,21). The van der Waals surface area contributed by atoms with Crippen molar-refractivity contribution in [3.05, 3.63) is 18.5 Å². The van der Waals surface area contributed by atoms with Gasteiger partial charge in [-0.05, 0) is 31.7 Å². The number of anilines is 2. The van der Waals surface area contributed by atoms with E-state index in [-0.39, 0.29) is 18.1 Å². The fraction of sp³-hybridized carbons (Fsp3) is 0.500. The Balaban J connectivity index is 1.79. The van der Waals surface area contributed by atoms with Gasteiger partial charge in [0.05, 0.1) is 23.6 Å². The smallest absolute Gasteiger partial charge is 0.223 e. The van der Waals surface area contributed by atoms with Crippen molar-refractivity contribution in [2.75, 3.05) is 10.6 Å². The number of aliphatic hydroxyl groups is 1. The van der Waals surface area contributed by atoms with Crippen LogP contribution in [0.4, 0.5) is 11.8 Å². The number of nitrogens with zero attached hydrogens (tertiary/aromatic N) is 4. The van der Waals surface area contributed by atoms with Gasteiger partial charge in [-0.25, -0.2) is 9.97 Å². The molecule has 1 saturated carbocycles. The van der Waals surface area contributed by atoms with Gasteiger partial charge in [0, 0.05) is 26.2 Å². The minimum absolute atomic E-state index is 0.159. The minimum atomic E-state index is -0.189. The van der Waals surface area contributed by atoms with Crippen LogP contribution in [0.15, 0.2) is 18.5 Å². The van der Waals surface area contributed by atoms with Crippen LogP contribution in [0.1, 0.15) is 32.6 Å². The van der Waals surface area contributed by atoms with E-state index >= 15 is 0 Å². The van der Waals surface area contributed by atoms with Gasteiger partial charge in [0.15, 0.2) is 0 Å². The third-order valence-corrected chi connectivity index (χ3v) is 4.19. The lowest BCUT2D eigenvalue weighted by Crippen LogP contribution is -2.28. The highest BCUT2D eigenvalue weighted by atomic mass is 16.3. The number of carbonyl (C=O) groups is 1. The summed E-state index contributed by atoms with van der Waals surface area (Å²) in [7, 11) is 1.77. The SMILES string of the molecule is CC(=O)Nc1c(-c2ccnc(NC3CCC(O)CC3)n2)cnn1C. The molecule has 0 aromatic carbocycles. The number of carbonyl (C=O) groups excluding carboxylic acids is 1. The molecule has 0 saturated heterocycles. The van der Waals surface area contributed by atoms with E-state index in [1.165, 1.54) is 6.92 Å². The van der Waals surface area contributed by atoms with Gasteiger partial charge < -0.3 is 15.7 Å². The molecular formula is C16H22N6O2. The Hall–Kier alpha value is -2.48. The van der Waals surface area contributed by atoms with Crippen molar-refractivity contribution >= 4 is 17.7 Å². The number of amides is 1. The van der Waals surface area contributed by atoms with Crippen LogP contribution in [0, 0.1) is 0 Å². The van der Waals surface area contributed by atoms with Gasteiger partial charge in [0.25, 0.3) is 0 Å². The Morgan fingerprint density at radius 3 is 2.79 bits per heavy atom. The maximum absolute atomic E-state index is 11.4. The fourth-order valence-electron chi connectivity index (χ4n) is 2.92. The van der Waals surface area contributed by atoms with Gasteiger partial charge in [-0.2, -0.15) is 5.10 Å². The summed E-state index contributed by atoms with van der Waals surface area (Å²) in [6, 6.07) is 2.06. The molecule has 3 N–H and O–H groups in total. The van der Waals surface area contributed by atoms with Crippen molar-refractivity contribution in [3.8, 4) is 11.3 Å². The maximum atomic E-state index is 11.4. The molecule has 24 heavy (non-hydrogen) atoms. The maximum Gasteiger partial charge on any atom is 0.223 e. The Kier molecular flexibility index (Phi) is 4.75. The number of hydrogen-bond donors (Lipinski definition) is 3. The number of rotatable bonds is 4. The highest BCUT2D eigenvalue weighted by molar-refractivity contribution is 5.92. The number of hydrogen-bond acceptors (Lipinski definition) is 6. The van der Waals surface area contributed by atoms with Gasteiger partial charge in [-0.15, -0.1) is 0 Å². The molecule has 1 fully saturated rings. The Labute approximate surface area is 140 Å². The van der Waals surface area contributed by atoms with Gasteiger partial charge in [0.2, 0.25) is 11.9 Å². The molecule has 0 radical (unpaired) electrons. The van der Waals surface area contributed by atoms with E-state index in [9.17, 15) is 9.90 Å². The summed E-state index contributed by atoms with van der Waals surface area (Å²) in [4.78, 5) is 20.2. The van der Waals surface area contributed by atoms with E-state index in [4.69, 9.17) is 0 Å². The summed E-state index contributed by atoms with van der Waals surface area (Å²) < 4.78 is 1.61. The first-order valence-electron chi connectivity index (χ1n) is 8.10. The zero-order valence-electron chi connectivity index (χ0n) is 13.9. The Bertz CT molecular complexity index is 721. The average Bonchev–Trinajstić information content (AvgIpc) is 2.90. The van der Waals surface area contributed by atoms with Gasteiger partial charge in [-0.1, -0.05) is 0 Å². The molecule has 0 aliphatic heterocycles. The topological polar surface area (TPSA) is 105 Å². The summed E-state index contributed by atoms with van der Waals surface area (Å²) in [5, 5.41) is 19.9. The van der Waals surface area contributed by atoms with Crippen LogP contribution in [0.5, 0.6) is 0 Å². The summed E-state index contributed by atoms with van der Waals surface area (Å²) in [6.07, 6.45) is 6.57. The third-order valence-electron chi connectivity index (χ3n) is 4.19. The lowest BCUT2D eigenvalue weighted by atomic mass is 9.93. The minimum Gasteiger partial charge on any atom is -0.393 e. The van der Waals surface area contributed by atoms with E-state index in [1.54, 1.807) is 30.2 Å². The Morgan fingerprint density at radius 2 is 2.08 bits per heavy atom. The van der Waals surface area contributed by atoms with Gasteiger partial charge >= 0.3 is 0 Å². The number of aliphatic hydroxyl groups excluding tert-OH is 1. The summed E-state index contributed by atoms with van der Waals surface area (Å²) in [6.45, 7) is 1.46. The molecule has 0 bridgehead atoms. The molecular weight excluding hydrogens is 308 g/mol. The highest BCUT2D eigenvalue weighted by Crippen LogP contribution is 2.27. The van der Waals surface area contributed by atoms with E-state index < -0.39 is 0 Å². The molecule has 0 atom stereocenters. The number of aryl methyl sites for hydroxylation is 1. The van der Waals surface area contributed by atoms with E-state index in [0.29, 0.717) is 17.5 Å². The van der Waals surface area contributed by atoms with Crippen molar-refractivity contribution in [1.29, 1.82) is 0 Å². The van der Waals surface area contributed by atoms with Crippen LogP contribution < -0.4 is 10.6 Å². The van der Waals surface area contributed by atoms with E-state index in [2.05, 4.69) is 25.7 Å². The quantitative estimate of drug-likeness (QED) is 0.785. The van der Waals surface area contributed by atoms with Crippen molar-refractivity contribution in [2.45, 2.75) is 44.8 Å². The van der Waals surface area contributed by atoms with Crippen LogP contribution in [-0.2, 0) is 11.8 Å². The molecule has 1 aliphatic rings. The predicted molar refractivity (Wildman–Crippen MR) is 90.4 cm³/mol. The number of nitrogens with one attached hydrogen (secondary N) is 2. The zero-order chi connectivity index (χ0) is 17.1. The van der Waals surface area contributed by atoms with E-state index in [1.807, 2.05) is 0 Å². The van der Waals surface area contributed by atoms with Crippen LogP contribution in [0.3, 0.4) is 0 Å². The predicted octanol–water partition coefficient (Wildman–Crippen LogP) is 1.55. The molecule has 0 unspecified atom stereocenters. The molecule has 2 aromatic heterocycles. The monoisotopic (exact) mass is 330 g/mol. The van der Waals surface area contributed by atoms with Crippen LogP contribution >= 0.6 is 0 Å². The van der Waals surface area contributed by atoms with Crippen LogP contribution in [0.2, 0.25) is 0 Å². The summed E-state index contributed by atoms with van der Waals surface area (Å²) in [5.41, 5.74) is 1.44. The van der Waals surface area contributed by atoms with Gasteiger partial charge in [0.1, 0.15) is 5.82 Å². The largest absolute Gasteiger partial charge is 0.393 e. The highest BCUT2D eigenvalue weighted by Gasteiger charge is 2.20. The van der Waals surface area contributed by atoms with Crippen molar-refractivity contribution in [3.63, 3.8) is 0 Å². The fourth-order valence-corrected chi connectivity index (χ4v) is 2.92. The molecule has 2 heterocycles. The molecule has 2 aromatic rings. The lowest BCUT2D eigenvalue weighted by Gasteiger charge is -2.26. The van der Waals surface area contributed by atoms with Gasteiger partial charge in [-0.3, -0.25) is 9.48 Å². The van der Waals surface area contributed by atoms with Crippen molar-refractivity contribution < 1.29 is 9.90 Å².